The number of nitrogens with two attached hydrogens (primary N) is 1. The van der Waals surface area contributed by atoms with Crippen LogP contribution in [-0.4, -0.2) is 39.5 Å². The molecule has 0 atom stereocenters. The first-order valence-corrected chi connectivity index (χ1v) is 10.0. The molecular formula is C20H26N2O5S. The summed E-state index contributed by atoms with van der Waals surface area (Å²) < 4.78 is 32.5. The Labute approximate surface area is 165 Å². The van der Waals surface area contributed by atoms with E-state index < -0.39 is 15.8 Å². The molecule has 0 saturated heterocycles. The maximum absolute atomic E-state index is 12.7. The molecule has 0 amide bonds. The second-order valence-electron chi connectivity index (χ2n) is 5.76. The normalized spacial score (nSPS) is 10.7. The number of nitrogens with one attached hydrogen (secondary N) is 1. The fourth-order valence-electron chi connectivity index (χ4n) is 2.35. The summed E-state index contributed by atoms with van der Waals surface area (Å²) in [6.45, 7) is 8.38. The summed E-state index contributed by atoms with van der Waals surface area (Å²) in [5.41, 5.74) is 6.58. The van der Waals surface area contributed by atoms with E-state index in [0.717, 1.165) is 17.7 Å². The lowest BCUT2D eigenvalue weighted by atomic mass is 10.0. The molecule has 0 aliphatic carbocycles. The Kier molecular flexibility index (Phi) is 8.84. The molecule has 0 aromatic heterocycles. The molecule has 2 rings (SSSR count). The average Bonchev–Trinajstić information content (AvgIpc) is 2.69. The first kappa shape index (κ1) is 23.4. The van der Waals surface area contributed by atoms with Gasteiger partial charge in [-0.25, -0.2) is 13.1 Å². The molecule has 0 aliphatic heterocycles. The van der Waals surface area contributed by atoms with Gasteiger partial charge in [0.1, 0.15) is 16.4 Å². The minimum Gasteiger partial charge on any atom is -0.507 e. The van der Waals surface area contributed by atoms with Crippen molar-refractivity contribution in [3.05, 3.63) is 66.2 Å². The van der Waals surface area contributed by atoms with Gasteiger partial charge in [-0.2, -0.15) is 0 Å². The second-order valence-corrected chi connectivity index (χ2v) is 7.49. The van der Waals surface area contributed by atoms with Crippen LogP contribution in [0, 0.1) is 6.92 Å². The van der Waals surface area contributed by atoms with E-state index in [0.29, 0.717) is 18.5 Å². The monoisotopic (exact) mass is 406 g/mol. The van der Waals surface area contributed by atoms with Gasteiger partial charge in [0.15, 0.2) is 5.78 Å². The molecule has 0 saturated carbocycles. The van der Waals surface area contributed by atoms with Gasteiger partial charge in [-0.15, -0.1) is 13.2 Å². The van der Waals surface area contributed by atoms with Crippen molar-refractivity contribution in [1.29, 1.82) is 0 Å². The van der Waals surface area contributed by atoms with Crippen molar-refractivity contribution in [3.8, 4) is 11.5 Å². The molecule has 0 radical (unpaired) electrons. The molecule has 152 valence electrons. The Morgan fingerprint density at radius 3 is 2.36 bits per heavy atom. The molecule has 0 spiro atoms. The molecule has 0 fully saturated rings. The highest BCUT2D eigenvalue weighted by Crippen LogP contribution is 2.32. The summed E-state index contributed by atoms with van der Waals surface area (Å²) >= 11 is 0. The molecule has 28 heavy (non-hydrogen) atoms. The third-order valence-electron chi connectivity index (χ3n) is 3.80. The van der Waals surface area contributed by atoms with Crippen LogP contribution in [0.3, 0.4) is 0 Å². The topological polar surface area (TPSA) is 119 Å². The average molecular weight is 407 g/mol. The van der Waals surface area contributed by atoms with E-state index in [2.05, 4.69) is 17.9 Å². The fourth-order valence-corrected chi connectivity index (χ4v) is 3.60. The Bertz CT molecular complexity index is 909. The van der Waals surface area contributed by atoms with Crippen LogP contribution >= 0.6 is 0 Å². The van der Waals surface area contributed by atoms with Crippen LogP contribution in [0.4, 0.5) is 0 Å². The largest absolute Gasteiger partial charge is 0.507 e. The molecule has 0 bridgehead atoms. The Hall–Kier alpha value is -2.68. The van der Waals surface area contributed by atoms with Crippen LogP contribution in [0.25, 0.3) is 0 Å². The van der Waals surface area contributed by atoms with E-state index in [9.17, 15) is 18.3 Å². The van der Waals surface area contributed by atoms with Crippen LogP contribution in [0.1, 0.15) is 27.9 Å². The number of aryl methyl sites for hydroxylation is 1. The van der Waals surface area contributed by atoms with Crippen molar-refractivity contribution < 1.29 is 23.1 Å². The van der Waals surface area contributed by atoms with Gasteiger partial charge < -0.3 is 15.6 Å². The molecule has 8 heteroatoms. The smallest absolute Gasteiger partial charge is 0.244 e. The third kappa shape index (κ3) is 5.66. The molecule has 0 heterocycles. The number of ether oxygens (including phenoxy) is 1. The van der Waals surface area contributed by atoms with Gasteiger partial charge in [0, 0.05) is 18.2 Å². The molecule has 0 aliphatic rings. The number of hydrogen-bond donors (Lipinski definition) is 3. The fraction of sp³-hybridized carbons (Fsp3) is 0.250. The number of rotatable bonds is 8. The number of sulfonamides is 1. The molecule has 0 unspecified atom stereocenters. The van der Waals surface area contributed by atoms with Crippen molar-refractivity contribution in [2.75, 3.05) is 20.2 Å². The highest BCUT2D eigenvalue weighted by Gasteiger charge is 2.24. The number of carbonyl (C=O) groups is 1. The van der Waals surface area contributed by atoms with E-state index in [-0.39, 0.29) is 28.5 Å². The van der Waals surface area contributed by atoms with Crippen molar-refractivity contribution in [2.45, 2.75) is 18.2 Å². The number of phenols is 1. The van der Waals surface area contributed by atoms with Crippen LogP contribution in [-0.2, 0) is 10.0 Å². The van der Waals surface area contributed by atoms with E-state index >= 15 is 0 Å². The van der Waals surface area contributed by atoms with Gasteiger partial charge in [0.05, 0.1) is 12.7 Å². The van der Waals surface area contributed by atoms with E-state index in [4.69, 9.17) is 10.5 Å². The third-order valence-corrected chi connectivity index (χ3v) is 5.29. The van der Waals surface area contributed by atoms with E-state index in [1.54, 1.807) is 24.3 Å². The standard InChI is InChI=1S/C18H22N2O5S.C2H4/c1-12-4-6-13(7-5-12)18(22)14-10-17(16(25-2)11-15(14)21)26(23,24)20-9-3-8-19;1-2/h4-7,10-11,20-21H,3,8-9,19H2,1-2H3;1-2H2. The summed E-state index contributed by atoms with van der Waals surface area (Å²) in [6, 6.07) is 9.02. The minimum atomic E-state index is -3.93. The van der Waals surface area contributed by atoms with E-state index in [1.165, 1.54) is 7.11 Å². The highest BCUT2D eigenvalue weighted by molar-refractivity contribution is 7.89. The maximum atomic E-state index is 12.7. The molecule has 4 N–H and O–H groups in total. The number of methoxy groups -OCH3 is 1. The van der Waals surface area contributed by atoms with Crippen LogP contribution < -0.4 is 15.2 Å². The zero-order valence-corrected chi connectivity index (χ0v) is 16.9. The number of phenolic OH excluding ortho intramolecular Hbond substituents is 1. The quantitative estimate of drug-likeness (QED) is 0.352. The van der Waals surface area contributed by atoms with Gasteiger partial charge in [-0.1, -0.05) is 29.8 Å². The van der Waals surface area contributed by atoms with Crippen LogP contribution in [0.15, 0.2) is 54.5 Å². The summed E-state index contributed by atoms with van der Waals surface area (Å²) in [4.78, 5) is 12.5. The van der Waals surface area contributed by atoms with Gasteiger partial charge in [0.2, 0.25) is 10.0 Å². The van der Waals surface area contributed by atoms with Crippen molar-refractivity contribution in [2.24, 2.45) is 5.73 Å². The van der Waals surface area contributed by atoms with E-state index in [1.807, 2.05) is 6.92 Å². The maximum Gasteiger partial charge on any atom is 0.244 e. The first-order valence-electron chi connectivity index (χ1n) is 8.52. The Morgan fingerprint density at radius 2 is 1.82 bits per heavy atom. The van der Waals surface area contributed by atoms with Crippen LogP contribution in [0.2, 0.25) is 0 Å². The predicted molar refractivity (Wildman–Crippen MR) is 109 cm³/mol. The molecule has 2 aromatic carbocycles. The van der Waals surface area contributed by atoms with Gasteiger partial charge >= 0.3 is 0 Å². The minimum absolute atomic E-state index is 0.0526. The second kappa shape index (κ2) is 10.6. The zero-order valence-electron chi connectivity index (χ0n) is 16.1. The number of hydrogen-bond acceptors (Lipinski definition) is 6. The summed E-state index contributed by atoms with van der Waals surface area (Å²) in [5.74, 6) is -0.889. The number of ketones is 1. The van der Waals surface area contributed by atoms with Gasteiger partial charge in [0.25, 0.3) is 0 Å². The van der Waals surface area contributed by atoms with Crippen molar-refractivity contribution in [3.63, 3.8) is 0 Å². The molecule has 7 nitrogen and oxygen atoms in total. The van der Waals surface area contributed by atoms with Crippen molar-refractivity contribution in [1.82, 2.24) is 4.72 Å². The summed E-state index contributed by atoms with van der Waals surface area (Å²) in [7, 11) is -2.64. The number of carbonyl (C=O) groups excluding carboxylic acids is 1. The number of benzene rings is 2. The zero-order chi connectivity index (χ0) is 21.3. The lowest BCUT2D eigenvalue weighted by molar-refractivity contribution is 0.103. The lowest BCUT2D eigenvalue weighted by Crippen LogP contribution is -2.27. The van der Waals surface area contributed by atoms with Gasteiger partial charge in [-0.05, 0) is 26.0 Å². The highest BCUT2D eigenvalue weighted by atomic mass is 32.2. The van der Waals surface area contributed by atoms with Crippen LogP contribution in [0.5, 0.6) is 11.5 Å². The number of aromatic hydroxyl groups is 1. The van der Waals surface area contributed by atoms with Gasteiger partial charge in [-0.3, -0.25) is 4.79 Å². The summed E-state index contributed by atoms with van der Waals surface area (Å²) in [6.07, 6.45) is 0.467. The summed E-state index contributed by atoms with van der Waals surface area (Å²) in [5, 5.41) is 10.2. The Balaban J connectivity index is 0.00000190. The Morgan fingerprint density at radius 1 is 1.21 bits per heavy atom. The predicted octanol–water partition coefficient (Wildman–Crippen LogP) is 2.37. The molecular weight excluding hydrogens is 380 g/mol. The van der Waals surface area contributed by atoms with Crippen molar-refractivity contribution >= 4 is 15.8 Å². The SMILES string of the molecule is C=C.COc1cc(O)c(C(=O)c2ccc(C)cc2)cc1S(=O)(=O)NCCCN. The lowest BCUT2D eigenvalue weighted by Gasteiger charge is -2.13. The first-order chi connectivity index (χ1) is 13.3. The molecule has 2 aromatic rings.